The van der Waals surface area contributed by atoms with E-state index in [0.717, 1.165) is 31.4 Å². The van der Waals surface area contributed by atoms with Crippen molar-refractivity contribution in [1.29, 1.82) is 0 Å². The van der Waals surface area contributed by atoms with E-state index < -0.39 is 0 Å². The maximum atomic E-state index is 6.20. The molecule has 168 valence electrons. The lowest BCUT2D eigenvalue weighted by Gasteiger charge is -2.34. The number of benzene rings is 1. The van der Waals surface area contributed by atoms with E-state index in [2.05, 4.69) is 44.9 Å². The van der Waals surface area contributed by atoms with E-state index in [4.69, 9.17) is 18.9 Å². The lowest BCUT2D eigenvalue weighted by atomic mass is 9.92. The first-order chi connectivity index (χ1) is 15.3. The fourth-order valence-corrected chi connectivity index (χ4v) is 4.15. The third kappa shape index (κ3) is 5.44. The highest BCUT2D eigenvalue weighted by Crippen LogP contribution is 2.31. The number of nitrogens with zero attached hydrogens (tertiary/aromatic N) is 2. The first-order valence-electron chi connectivity index (χ1n) is 11.1. The molecule has 3 atom stereocenters. The van der Waals surface area contributed by atoms with Crippen LogP contribution in [0.15, 0.2) is 30.3 Å². The van der Waals surface area contributed by atoms with Crippen LogP contribution in [0.4, 0.5) is 0 Å². The van der Waals surface area contributed by atoms with Crippen molar-refractivity contribution in [2.75, 3.05) is 33.5 Å². The molecule has 8 nitrogen and oxygen atoms in total. The second-order valence-corrected chi connectivity index (χ2v) is 7.81. The lowest BCUT2D eigenvalue weighted by Crippen LogP contribution is -2.45. The number of aromatic nitrogens is 2. The van der Waals surface area contributed by atoms with Crippen molar-refractivity contribution in [3.63, 3.8) is 0 Å². The van der Waals surface area contributed by atoms with Crippen LogP contribution < -0.4 is 24.8 Å². The first kappa shape index (κ1) is 21.8. The Hall–Kier alpha value is -2.42. The van der Waals surface area contributed by atoms with Gasteiger partial charge < -0.3 is 29.6 Å². The normalized spacial score (nSPS) is 23.5. The lowest BCUT2D eigenvalue weighted by molar-refractivity contribution is 0.135. The molecule has 0 amide bonds. The van der Waals surface area contributed by atoms with Gasteiger partial charge in [-0.2, -0.15) is 9.97 Å². The van der Waals surface area contributed by atoms with Gasteiger partial charge in [0.05, 0.1) is 32.5 Å². The predicted molar refractivity (Wildman–Crippen MR) is 117 cm³/mol. The van der Waals surface area contributed by atoms with Crippen molar-refractivity contribution < 1.29 is 18.9 Å². The van der Waals surface area contributed by atoms with Gasteiger partial charge in [-0.05, 0) is 31.9 Å². The minimum absolute atomic E-state index is 0.0266. The molecule has 0 radical (unpaired) electrons. The van der Waals surface area contributed by atoms with E-state index in [9.17, 15) is 0 Å². The Morgan fingerprint density at radius 2 is 2.00 bits per heavy atom. The third-order valence-electron chi connectivity index (χ3n) is 5.70. The standard InChI is InChI=1S/C23H32N4O4/c1-3-30-23-26-21(28-2)18(22(27-23)31-17-11-13-29-15-17)14-25-19-10-7-12-24-20(19)16-8-5-4-6-9-16/h4-6,8-9,17,19-20,24-25H,3,7,10-15H2,1-2H3/t17-,19-,20-/m0/s1. The predicted octanol–water partition coefficient (Wildman–Crippen LogP) is 2.63. The Labute approximate surface area is 183 Å². The highest BCUT2D eigenvalue weighted by atomic mass is 16.6. The Morgan fingerprint density at radius 3 is 2.74 bits per heavy atom. The Balaban J connectivity index is 1.55. The van der Waals surface area contributed by atoms with Crippen LogP contribution in [0.25, 0.3) is 0 Å². The molecule has 0 spiro atoms. The summed E-state index contributed by atoms with van der Waals surface area (Å²) < 4.78 is 22.8. The fraction of sp³-hybridized carbons (Fsp3) is 0.565. The number of hydrogen-bond donors (Lipinski definition) is 2. The van der Waals surface area contributed by atoms with Crippen molar-refractivity contribution >= 4 is 0 Å². The van der Waals surface area contributed by atoms with Gasteiger partial charge in [0, 0.05) is 25.0 Å². The molecule has 4 rings (SSSR count). The Kier molecular flexibility index (Phi) is 7.56. The minimum atomic E-state index is -0.0266. The van der Waals surface area contributed by atoms with Gasteiger partial charge in [0.2, 0.25) is 11.8 Å². The number of hydrogen-bond acceptors (Lipinski definition) is 8. The van der Waals surface area contributed by atoms with E-state index in [1.165, 1.54) is 5.56 Å². The summed E-state index contributed by atoms with van der Waals surface area (Å²) in [5, 5.41) is 7.36. The summed E-state index contributed by atoms with van der Waals surface area (Å²) in [5.74, 6) is 0.971. The highest BCUT2D eigenvalue weighted by molar-refractivity contribution is 5.37. The van der Waals surface area contributed by atoms with Gasteiger partial charge in [-0.1, -0.05) is 30.3 Å². The molecule has 2 N–H and O–H groups in total. The zero-order valence-electron chi connectivity index (χ0n) is 18.3. The van der Waals surface area contributed by atoms with Crippen molar-refractivity contribution in [2.45, 2.75) is 50.9 Å². The summed E-state index contributed by atoms with van der Waals surface area (Å²) in [5.41, 5.74) is 2.09. The molecule has 31 heavy (non-hydrogen) atoms. The zero-order valence-corrected chi connectivity index (χ0v) is 18.3. The van der Waals surface area contributed by atoms with E-state index >= 15 is 0 Å². The smallest absolute Gasteiger partial charge is 0.323 e. The molecule has 0 saturated carbocycles. The molecule has 1 aromatic carbocycles. The van der Waals surface area contributed by atoms with Gasteiger partial charge >= 0.3 is 6.01 Å². The zero-order chi connectivity index (χ0) is 21.5. The van der Waals surface area contributed by atoms with Crippen LogP contribution in [0, 0.1) is 0 Å². The molecule has 8 heteroatoms. The van der Waals surface area contributed by atoms with Crippen molar-refractivity contribution in [3.05, 3.63) is 41.5 Å². The second kappa shape index (κ2) is 10.7. The van der Waals surface area contributed by atoms with Crippen LogP contribution in [-0.4, -0.2) is 55.6 Å². The summed E-state index contributed by atoms with van der Waals surface area (Å²) in [7, 11) is 1.61. The molecule has 1 aromatic heterocycles. The van der Waals surface area contributed by atoms with E-state index in [-0.39, 0.29) is 24.2 Å². The maximum Gasteiger partial charge on any atom is 0.323 e. The van der Waals surface area contributed by atoms with Gasteiger partial charge in [0.25, 0.3) is 0 Å². The van der Waals surface area contributed by atoms with Crippen LogP contribution in [0.5, 0.6) is 17.8 Å². The Morgan fingerprint density at radius 1 is 1.16 bits per heavy atom. The number of piperidine rings is 1. The Bertz CT molecular complexity index is 830. The largest absolute Gasteiger partial charge is 0.481 e. The highest BCUT2D eigenvalue weighted by Gasteiger charge is 2.28. The number of nitrogens with one attached hydrogen (secondary N) is 2. The molecule has 2 fully saturated rings. The number of rotatable bonds is 9. The van der Waals surface area contributed by atoms with Crippen LogP contribution in [-0.2, 0) is 11.3 Å². The third-order valence-corrected chi connectivity index (χ3v) is 5.70. The summed E-state index contributed by atoms with van der Waals surface area (Å²) in [6.07, 6.45) is 3.02. The van der Waals surface area contributed by atoms with Crippen molar-refractivity contribution in [3.8, 4) is 17.8 Å². The summed E-state index contributed by atoms with van der Waals surface area (Å²) in [6, 6.07) is 11.3. The quantitative estimate of drug-likeness (QED) is 0.630. The van der Waals surface area contributed by atoms with Gasteiger partial charge in [-0.3, -0.25) is 0 Å². The van der Waals surface area contributed by atoms with Gasteiger partial charge in [0.1, 0.15) is 6.10 Å². The number of ether oxygens (including phenoxy) is 4. The minimum Gasteiger partial charge on any atom is -0.481 e. The second-order valence-electron chi connectivity index (χ2n) is 7.81. The molecular weight excluding hydrogens is 396 g/mol. The van der Waals surface area contributed by atoms with Gasteiger partial charge in [-0.25, -0.2) is 0 Å². The van der Waals surface area contributed by atoms with E-state index in [1.54, 1.807) is 7.11 Å². The molecule has 2 aromatic rings. The molecule has 0 aliphatic carbocycles. The molecule has 3 heterocycles. The monoisotopic (exact) mass is 428 g/mol. The van der Waals surface area contributed by atoms with Crippen LogP contribution >= 0.6 is 0 Å². The molecular formula is C23H32N4O4. The molecule has 0 unspecified atom stereocenters. The van der Waals surface area contributed by atoms with Crippen LogP contribution in [0.3, 0.4) is 0 Å². The van der Waals surface area contributed by atoms with Crippen LogP contribution in [0.1, 0.15) is 43.4 Å². The van der Waals surface area contributed by atoms with Crippen molar-refractivity contribution in [1.82, 2.24) is 20.6 Å². The van der Waals surface area contributed by atoms with E-state index in [1.807, 2.05) is 13.0 Å². The first-order valence-corrected chi connectivity index (χ1v) is 11.1. The topological polar surface area (TPSA) is 86.8 Å². The molecule has 2 aliphatic rings. The summed E-state index contributed by atoms with van der Waals surface area (Å²) in [4.78, 5) is 8.96. The van der Waals surface area contributed by atoms with Gasteiger partial charge in [-0.15, -0.1) is 0 Å². The average Bonchev–Trinajstić information content (AvgIpc) is 3.32. The van der Waals surface area contributed by atoms with E-state index in [0.29, 0.717) is 38.1 Å². The SMILES string of the molecule is CCOc1nc(OC)c(CN[C@H]2CCCN[C@H]2c2ccccc2)c(O[C@H]2CCOC2)n1. The summed E-state index contributed by atoms with van der Waals surface area (Å²) in [6.45, 7) is 5.18. The average molecular weight is 429 g/mol. The molecule has 2 aliphatic heterocycles. The van der Waals surface area contributed by atoms with Gasteiger partial charge in [0.15, 0.2) is 0 Å². The number of methoxy groups -OCH3 is 1. The summed E-state index contributed by atoms with van der Waals surface area (Å²) >= 11 is 0. The molecule has 2 saturated heterocycles. The fourth-order valence-electron chi connectivity index (χ4n) is 4.15. The van der Waals surface area contributed by atoms with Crippen LogP contribution in [0.2, 0.25) is 0 Å². The maximum absolute atomic E-state index is 6.20. The van der Waals surface area contributed by atoms with Crippen molar-refractivity contribution in [2.24, 2.45) is 0 Å². The molecule has 0 bridgehead atoms.